The Morgan fingerprint density at radius 1 is 1.39 bits per heavy atom. The van der Waals surface area contributed by atoms with E-state index in [0.717, 1.165) is 4.90 Å². The molecule has 0 bridgehead atoms. The van der Waals surface area contributed by atoms with Crippen molar-refractivity contribution in [3.63, 3.8) is 0 Å². The summed E-state index contributed by atoms with van der Waals surface area (Å²) in [7, 11) is 5.00. The Morgan fingerprint density at radius 2 is 2.04 bits per heavy atom. The van der Waals surface area contributed by atoms with Crippen LogP contribution in [0.3, 0.4) is 0 Å². The highest BCUT2D eigenvalue weighted by Crippen LogP contribution is 2.34. The van der Waals surface area contributed by atoms with E-state index in [2.05, 4.69) is 4.74 Å². The molecule has 1 N–H and O–H groups in total. The maximum Gasteiger partial charge on any atom is 0.340 e. The van der Waals surface area contributed by atoms with Crippen LogP contribution in [0.25, 0.3) is 11.0 Å². The third-order valence-electron chi connectivity index (χ3n) is 3.66. The molecule has 0 atom stereocenters. The average molecular weight is 340 g/mol. The molecule has 0 aliphatic heterocycles. The predicted molar refractivity (Wildman–Crippen MR) is 83.9 cm³/mol. The van der Waals surface area contributed by atoms with Crippen molar-refractivity contribution >= 4 is 28.5 Å². The maximum absolute atomic E-state index is 12.3. The lowest BCUT2D eigenvalue weighted by Crippen LogP contribution is -3.04. The first-order valence-corrected chi connectivity index (χ1v) is 7.44. The van der Waals surface area contributed by atoms with E-state index in [4.69, 9.17) is 16.0 Å². The minimum absolute atomic E-state index is 0.0646. The summed E-state index contributed by atoms with van der Waals surface area (Å²) in [5, 5.41) is 12.9. The first-order valence-electron chi connectivity index (χ1n) is 7.06. The number of hydrogen-bond acceptors (Lipinski definition) is 5. The van der Waals surface area contributed by atoms with Crippen LogP contribution in [0, 0.1) is 6.92 Å². The smallest absolute Gasteiger partial charge is 0.340 e. The molecule has 1 aromatic carbocycles. The number of nitrogens with one attached hydrogen (secondary N) is 1. The number of methoxy groups -OCH3 is 1. The van der Waals surface area contributed by atoms with Crippen molar-refractivity contribution in [2.45, 2.75) is 19.9 Å². The summed E-state index contributed by atoms with van der Waals surface area (Å²) in [5.41, 5.74) is 0.729. The Kier molecular flexibility index (Phi) is 4.97. The summed E-state index contributed by atoms with van der Waals surface area (Å²) in [4.78, 5) is 24.7. The van der Waals surface area contributed by atoms with Gasteiger partial charge in [0.1, 0.15) is 12.1 Å². The van der Waals surface area contributed by atoms with E-state index in [0.29, 0.717) is 23.1 Å². The van der Waals surface area contributed by atoms with Crippen molar-refractivity contribution in [3.8, 4) is 5.75 Å². The Bertz CT molecular complexity index is 826. The summed E-state index contributed by atoms with van der Waals surface area (Å²) in [6, 6.07) is 1.48. The number of esters is 1. The maximum atomic E-state index is 12.3. The fraction of sp³-hybridized carbons (Fsp3) is 0.375. The molecule has 7 heteroatoms. The van der Waals surface area contributed by atoms with Gasteiger partial charge >= 0.3 is 11.6 Å². The molecule has 0 aliphatic rings. The van der Waals surface area contributed by atoms with Crippen LogP contribution < -0.4 is 15.6 Å². The quantitative estimate of drug-likeness (QED) is 0.635. The summed E-state index contributed by atoms with van der Waals surface area (Å²) >= 11 is 6.04. The molecular weight excluding hydrogens is 322 g/mol. The highest BCUT2D eigenvalue weighted by atomic mass is 35.5. The normalized spacial score (nSPS) is 11.2. The van der Waals surface area contributed by atoms with E-state index in [-0.39, 0.29) is 28.3 Å². The molecule has 1 aromatic heterocycles. The van der Waals surface area contributed by atoms with Crippen molar-refractivity contribution in [1.29, 1.82) is 0 Å². The minimum Gasteiger partial charge on any atom is -0.871 e. The van der Waals surface area contributed by atoms with Gasteiger partial charge in [0, 0.05) is 16.0 Å². The van der Waals surface area contributed by atoms with Crippen LogP contribution in [0.4, 0.5) is 0 Å². The van der Waals surface area contributed by atoms with Gasteiger partial charge in [-0.2, -0.15) is 0 Å². The van der Waals surface area contributed by atoms with Gasteiger partial charge in [0.15, 0.2) is 0 Å². The first kappa shape index (κ1) is 17.3. The van der Waals surface area contributed by atoms with Gasteiger partial charge in [0.2, 0.25) is 0 Å². The fourth-order valence-corrected chi connectivity index (χ4v) is 2.69. The van der Waals surface area contributed by atoms with E-state index < -0.39 is 11.6 Å². The molecule has 6 nitrogen and oxygen atoms in total. The Balaban J connectivity index is 2.78. The van der Waals surface area contributed by atoms with Crippen molar-refractivity contribution in [2.75, 3.05) is 21.2 Å². The second kappa shape index (κ2) is 6.60. The van der Waals surface area contributed by atoms with E-state index in [1.807, 2.05) is 14.1 Å². The molecule has 0 saturated carbocycles. The van der Waals surface area contributed by atoms with Crippen LogP contribution in [0.1, 0.15) is 16.7 Å². The second-order valence-corrected chi connectivity index (χ2v) is 6.08. The number of fused-ring (bicyclic) bond motifs is 1. The predicted octanol–water partition coefficient (Wildman–Crippen LogP) is 0.188. The molecule has 0 amide bonds. The van der Waals surface area contributed by atoms with Crippen LogP contribution in [-0.4, -0.2) is 27.2 Å². The molecule has 23 heavy (non-hydrogen) atoms. The monoisotopic (exact) mass is 339 g/mol. The fourth-order valence-electron chi connectivity index (χ4n) is 2.47. The molecular formula is C16H18ClNO5. The lowest BCUT2D eigenvalue weighted by Gasteiger charge is -2.19. The van der Waals surface area contributed by atoms with Gasteiger partial charge in [0.05, 0.1) is 33.2 Å². The Labute approximate surface area is 138 Å². The van der Waals surface area contributed by atoms with Crippen LogP contribution in [0.5, 0.6) is 5.75 Å². The molecule has 0 aliphatic carbocycles. The van der Waals surface area contributed by atoms with Gasteiger partial charge in [0.25, 0.3) is 0 Å². The van der Waals surface area contributed by atoms with Gasteiger partial charge in [-0.1, -0.05) is 17.4 Å². The Hall–Kier alpha value is -2.05. The zero-order chi connectivity index (χ0) is 17.3. The number of carbonyl (C=O) groups excluding carboxylic acids is 1. The SMILES string of the molecule is COC(=O)Cc1c(C)c2cc(Cl)c([O-])c(C[NH+](C)C)c2oc1=O. The summed E-state index contributed by atoms with van der Waals surface area (Å²) in [6.07, 6.45) is -0.189. The van der Waals surface area contributed by atoms with E-state index in [9.17, 15) is 14.7 Å². The van der Waals surface area contributed by atoms with Crippen LogP contribution in [0.15, 0.2) is 15.3 Å². The molecule has 0 unspecified atom stereocenters. The number of quaternary nitrogens is 1. The van der Waals surface area contributed by atoms with Crippen LogP contribution in [0.2, 0.25) is 5.02 Å². The zero-order valence-electron chi connectivity index (χ0n) is 13.4. The summed E-state index contributed by atoms with van der Waals surface area (Å²) < 4.78 is 9.95. The second-order valence-electron chi connectivity index (χ2n) is 5.67. The number of rotatable bonds is 4. The largest absolute Gasteiger partial charge is 0.871 e. The zero-order valence-corrected chi connectivity index (χ0v) is 14.2. The Morgan fingerprint density at radius 3 is 2.61 bits per heavy atom. The van der Waals surface area contributed by atoms with Gasteiger partial charge < -0.3 is 19.2 Å². The molecule has 2 rings (SSSR count). The highest BCUT2D eigenvalue weighted by molar-refractivity contribution is 6.33. The number of ether oxygens (including phenoxy) is 1. The molecule has 0 saturated heterocycles. The minimum atomic E-state index is -0.642. The lowest BCUT2D eigenvalue weighted by atomic mass is 10.0. The molecule has 0 spiro atoms. The number of aryl methyl sites for hydroxylation is 1. The van der Waals surface area contributed by atoms with E-state index >= 15 is 0 Å². The van der Waals surface area contributed by atoms with Gasteiger partial charge in [-0.15, -0.1) is 0 Å². The molecule has 2 aromatic rings. The number of hydrogen-bond donors (Lipinski definition) is 1. The standard InChI is InChI=1S/C16H18ClNO5/c1-8-9-5-12(17)14(20)11(7-18(2)3)15(9)23-16(21)10(8)6-13(19)22-4/h5,20H,6-7H2,1-4H3. The molecule has 124 valence electrons. The number of benzene rings is 1. The molecule has 1 heterocycles. The highest BCUT2D eigenvalue weighted by Gasteiger charge is 2.19. The van der Waals surface area contributed by atoms with Crippen LogP contribution in [-0.2, 0) is 22.5 Å². The average Bonchev–Trinajstić information content (AvgIpc) is 2.49. The van der Waals surface area contributed by atoms with Crippen molar-refractivity contribution in [2.24, 2.45) is 0 Å². The van der Waals surface area contributed by atoms with E-state index in [1.165, 1.54) is 13.2 Å². The van der Waals surface area contributed by atoms with Crippen molar-refractivity contribution < 1.29 is 24.0 Å². The van der Waals surface area contributed by atoms with Gasteiger partial charge in [-0.05, 0) is 18.6 Å². The molecule has 0 fully saturated rings. The topological polar surface area (TPSA) is 84.0 Å². The lowest BCUT2D eigenvalue weighted by molar-refractivity contribution is -0.872. The third-order valence-corrected chi connectivity index (χ3v) is 3.94. The van der Waals surface area contributed by atoms with Crippen molar-refractivity contribution in [3.05, 3.63) is 38.2 Å². The van der Waals surface area contributed by atoms with E-state index in [1.54, 1.807) is 6.92 Å². The third kappa shape index (κ3) is 3.33. The molecule has 0 radical (unpaired) electrons. The summed E-state index contributed by atoms with van der Waals surface area (Å²) in [5.74, 6) is -0.882. The van der Waals surface area contributed by atoms with Crippen LogP contribution >= 0.6 is 11.6 Å². The number of carbonyl (C=O) groups is 1. The van der Waals surface area contributed by atoms with Crippen molar-refractivity contribution in [1.82, 2.24) is 0 Å². The van der Waals surface area contributed by atoms with Gasteiger partial charge in [-0.25, -0.2) is 4.79 Å². The first-order chi connectivity index (χ1) is 10.8. The number of halogens is 1. The van der Waals surface area contributed by atoms with Gasteiger partial charge in [-0.3, -0.25) is 4.79 Å². The summed E-state index contributed by atoms with van der Waals surface area (Å²) in [6.45, 7) is 2.07.